The highest BCUT2D eigenvalue weighted by Crippen LogP contribution is 2.30. The Balaban J connectivity index is 3.33. The summed E-state index contributed by atoms with van der Waals surface area (Å²) in [6, 6.07) is 0. The number of methoxy groups -OCH3 is 1. The summed E-state index contributed by atoms with van der Waals surface area (Å²) in [7, 11) is 1.36. The topological polar surface area (TPSA) is 42.4 Å². The molecular weight excluding hydrogens is 192 g/mol. The molecule has 0 amide bonds. The van der Waals surface area contributed by atoms with E-state index in [2.05, 4.69) is 4.98 Å². The van der Waals surface area contributed by atoms with Crippen LogP contribution in [0.5, 0.6) is 5.75 Å². The third-order valence-corrected chi connectivity index (χ3v) is 1.95. The number of aromatic nitrogens is 1. The van der Waals surface area contributed by atoms with Crippen LogP contribution in [0.1, 0.15) is 23.2 Å². The SMILES string of the molecule is COc1c(C)ncc(C(F)F)c1CO. The smallest absolute Gasteiger partial charge is 0.265 e. The van der Waals surface area contributed by atoms with Crippen molar-refractivity contribution < 1.29 is 18.6 Å². The van der Waals surface area contributed by atoms with E-state index in [0.717, 1.165) is 6.20 Å². The minimum Gasteiger partial charge on any atom is -0.494 e. The van der Waals surface area contributed by atoms with Crippen LogP contribution in [0.25, 0.3) is 0 Å². The molecule has 0 radical (unpaired) electrons. The van der Waals surface area contributed by atoms with E-state index in [1.165, 1.54) is 7.11 Å². The first-order chi connectivity index (χ1) is 6.61. The molecule has 0 bridgehead atoms. The Labute approximate surface area is 80.3 Å². The highest BCUT2D eigenvalue weighted by atomic mass is 19.3. The first-order valence-electron chi connectivity index (χ1n) is 4.03. The number of ether oxygens (including phenoxy) is 1. The summed E-state index contributed by atoms with van der Waals surface area (Å²) in [5.74, 6) is 0.227. The van der Waals surface area contributed by atoms with E-state index >= 15 is 0 Å². The number of aliphatic hydroxyl groups excluding tert-OH is 1. The molecule has 14 heavy (non-hydrogen) atoms. The average molecular weight is 203 g/mol. The van der Waals surface area contributed by atoms with Gasteiger partial charge in [-0.3, -0.25) is 4.98 Å². The summed E-state index contributed by atoms with van der Waals surface area (Å²) in [5, 5.41) is 8.96. The molecule has 1 aromatic heterocycles. The van der Waals surface area contributed by atoms with E-state index in [4.69, 9.17) is 9.84 Å². The van der Waals surface area contributed by atoms with Gasteiger partial charge in [0.05, 0.1) is 19.4 Å². The van der Waals surface area contributed by atoms with E-state index in [1.54, 1.807) is 6.92 Å². The predicted molar refractivity (Wildman–Crippen MR) is 46.4 cm³/mol. The molecule has 0 saturated carbocycles. The van der Waals surface area contributed by atoms with Crippen molar-refractivity contribution in [2.24, 2.45) is 0 Å². The quantitative estimate of drug-likeness (QED) is 0.814. The summed E-state index contributed by atoms with van der Waals surface area (Å²) in [5.41, 5.74) is 0.311. The zero-order valence-corrected chi connectivity index (χ0v) is 7.92. The molecule has 5 heteroatoms. The maximum Gasteiger partial charge on any atom is 0.265 e. The monoisotopic (exact) mass is 203 g/mol. The van der Waals surface area contributed by atoms with Crippen molar-refractivity contribution in [3.05, 3.63) is 23.0 Å². The van der Waals surface area contributed by atoms with Crippen LogP contribution in [0, 0.1) is 6.92 Å². The zero-order valence-electron chi connectivity index (χ0n) is 7.92. The van der Waals surface area contributed by atoms with Gasteiger partial charge in [-0.1, -0.05) is 0 Å². The fraction of sp³-hybridized carbons (Fsp3) is 0.444. The van der Waals surface area contributed by atoms with Crippen molar-refractivity contribution >= 4 is 0 Å². The summed E-state index contributed by atoms with van der Waals surface area (Å²) in [6.45, 7) is 1.15. The number of nitrogens with zero attached hydrogens (tertiary/aromatic N) is 1. The molecule has 0 atom stereocenters. The van der Waals surface area contributed by atoms with E-state index in [0.29, 0.717) is 5.69 Å². The third kappa shape index (κ3) is 1.82. The summed E-state index contributed by atoms with van der Waals surface area (Å²) in [6.07, 6.45) is -1.59. The molecule has 1 rings (SSSR count). The Kier molecular flexibility index (Phi) is 3.35. The minimum atomic E-state index is -2.65. The lowest BCUT2D eigenvalue weighted by Crippen LogP contribution is -2.02. The van der Waals surface area contributed by atoms with Gasteiger partial charge in [-0.15, -0.1) is 0 Å². The number of halogens is 2. The number of hydrogen-bond donors (Lipinski definition) is 1. The van der Waals surface area contributed by atoms with Gasteiger partial charge in [-0.25, -0.2) is 8.78 Å². The number of alkyl halides is 2. The van der Waals surface area contributed by atoms with Gasteiger partial charge in [0.1, 0.15) is 5.75 Å². The molecule has 0 aliphatic carbocycles. The van der Waals surface area contributed by atoms with Crippen LogP contribution in [0.15, 0.2) is 6.20 Å². The maximum atomic E-state index is 12.5. The highest BCUT2D eigenvalue weighted by Gasteiger charge is 2.18. The molecule has 0 aromatic carbocycles. The van der Waals surface area contributed by atoms with Crippen LogP contribution in [0.4, 0.5) is 8.78 Å². The molecule has 0 aliphatic rings. The van der Waals surface area contributed by atoms with Crippen LogP contribution in [-0.4, -0.2) is 17.2 Å². The van der Waals surface area contributed by atoms with E-state index in [9.17, 15) is 8.78 Å². The van der Waals surface area contributed by atoms with Crippen molar-refractivity contribution in [1.29, 1.82) is 0 Å². The minimum absolute atomic E-state index is 0.106. The Bertz CT molecular complexity index is 329. The molecule has 3 nitrogen and oxygen atoms in total. The molecule has 0 unspecified atom stereocenters. The van der Waals surface area contributed by atoms with Gasteiger partial charge >= 0.3 is 0 Å². The highest BCUT2D eigenvalue weighted by molar-refractivity contribution is 5.41. The summed E-state index contributed by atoms with van der Waals surface area (Å²) in [4.78, 5) is 3.76. The standard InChI is InChI=1S/C9H11F2NO2/c1-5-8(14-2)7(4-13)6(3-12-5)9(10)11/h3,9,13H,4H2,1-2H3. The van der Waals surface area contributed by atoms with Gasteiger partial charge in [0.15, 0.2) is 0 Å². The Morgan fingerprint density at radius 3 is 2.64 bits per heavy atom. The molecule has 1 N–H and O–H groups in total. The van der Waals surface area contributed by atoms with Crippen molar-refractivity contribution in [1.82, 2.24) is 4.98 Å². The first kappa shape index (κ1) is 10.8. The maximum absolute atomic E-state index is 12.5. The number of aryl methyl sites for hydroxylation is 1. The van der Waals surface area contributed by atoms with Gasteiger partial charge in [0.2, 0.25) is 0 Å². The second kappa shape index (κ2) is 4.32. The van der Waals surface area contributed by atoms with Crippen molar-refractivity contribution in [2.45, 2.75) is 20.0 Å². The van der Waals surface area contributed by atoms with Gasteiger partial charge in [-0.05, 0) is 6.92 Å². The van der Waals surface area contributed by atoms with Crippen molar-refractivity contribution in [3.63, 3.8) is 0 Å². The molecule has 1 aromatic rings. The lowest BCUT2D eigenvalue weighted by Gasteiger charge is -2.12. The Morgan fingerprint density at radius 2 is 2.21 bits per heavy atom. The van der Waals surface area contributed by atoms with Crippen LogP contribution >= 0.6 is 0 Å². The fourth-order valence-corrected chi connectivity index (χ4v) is 1.27. The van der Waals surface area contributed by atoms with Crippen molar-refractivity contribution in [3.8, 4) is 5.75 Å². The first-order valence-corrected chi connectivity index (χ1v) is 4.03. The largest absolute Gasteiger partial charge is 0.494 e. The zero-order chi connectivity index (χ0) is 10.7. The lowest BCUT2D eigenvalue weighted by molar-refractivity contribution is 0.145. The van der Waals surface area contributed by atoms with Gasteiger partial charge in [0.25, 0.3) is 6.43 Å². The predicted octanol–water partition coefficient (Wildman–Crippen LogP) is 1.83. The summed E-state index contributed by atoms with van der Waals surface area (Å²) < 4.78 is 29.8. The second-order valence-corrected chi connectivity index (χ2v) is 2.77. The van der Waals surface area contributed by atoms with E-state index in [-0.39, 0.29) is 16.9 Å². The molecule has 78 valence electrons. The second-order valence-electron chi connectivity index (χ2n) is 2.77. The van der Waals surface area contributed by atoms with E-state index in [1.807, 2.05) is 0 Å². The number of pyridine rings is 1. The van der Waals surface area contributed by atoms with E-state index < -0.39 is 13.0 Å². The molecule has 0 fully saturated rings. The summed E-state index contributed by atoms with van der Waals surface area (Å²) >= 11 is 0. The number of hydrogen-bond acceptors (Lipinski definition) is 3. The molecular formula is C9H11F2NO2. The Morgan fingerprint density at radius 1 is 1.57 bits per heavy atom. The normalized spacial score (nSPS) is 10.7. The molecule has 1 heterocycles. The fourth-order valence-electron chi connectivity index (χ4n) is 1.27. The number of rotatable bonds is 3. The number of aliphatic hydroxyl groups is 1. The van der Waals surface area contributed by atoms with Crippen LogP contribution in [0.2, 0.25) is 0 Å². The van der Waals surface area contributed by atoms with Crippen LogP contribution in [0.3, 0.4) is 0 Å². The van der Waals surface area contributed by atoms with Gasteiger partial charge < -0.3 is 9.84 Å². The molecule has 0 spiro atoms. The Hall–Kier alpha value is -1.23. The lowest BCUT2D eigenvalue weighted by atomic mass is 10.1. The van der Waals surface area contributed by atoms with Gasteiger partial charge in [-0.2, -0.15) is 0 Å². The van der Waals surface area contributed by atoms with Crippen LogP contribution < -0.4 is 4.74 Å². The molecule has 0 saturated heterocycles. The average Bonchev–Trinajstić information content (AvgIpc) is 2.16. The van der Waals surface area contributed by atoms with Crippen molar-refractivity contribution in [2.75, 3.05) is 7.11 Å². The van der Waals surface area contributed by atoms with Gasteiger partial charge in [0, 0.05) is 17.3 Å². The third-order valence-electron chi connectivity index (χ3n) is 1.95. The molecule has 0 aliphatic heterocycles. The van der Waals surface area contributed by atoms with Crippen LogP contribution in [-0.2, 0) is 6.61 Å².